The van der Waals surface area contributed by atoms with E-state index in [1.807, 2.05) is 54.2 Å². The lowest BCUT2D eigenvalue weighted by molar-refractivity contribution is 0.0858. The van der Waals surface area contributed by atoms with E-state index in [4.69, 9.17) is 4.74 Å². The van der Waals surface area contributed by atoms with E-state index >= 15 is 0 Å². The Morgan fingerprint density at radius 2 is 2.19 bits per heavy atom. The number of nitrogens with zero attached hydrogens (tertiary/aromatic N) is 1. The Hall–Kier alpha value is -2.07. The average Bonchev–Trinajstić information content (AvgIpc) is 3.18. The second-order valence-electron chi connectivity index (χ2n) is 5.44. The molecule has 2 heterocycles. The van der Waals surface area contributed by atoms with Gasteiger partial charge in [0, 0.05) is 36.8 Å². The highest BCUT2D eigenvalue weighted by molar-refractivity contribution is 5.94. The van der Waals surface area contributed by atoms with E-state index in [0.717, 1.165) is 30.7 Å². The van der Waals surface area contributed by atoms with Crippen LogP contribution in [0.25, 0.3) is 5.69 Å². The molecule has 0 aliphatic carbocycles. The summed E-state index contributed by atoms with van der Waals surface area (Å²) < 4.78 is 7.54. The SMILES string of the molecule is Cc1ccc(C(=O)NC[C@H]2CCCO2)cc1-n1cccc1. The van der Waals surface area contributed by atoms with Crippen LogP contribution >= 0.6 is 0 Å². The molecule has 21 heavy (non-hydrogen) atoms. The molecule has 0 bridgehead atoms. The van der Waals surface area contributed by atoms with E-state index in [9.17, 15) is 4.79 Å². The quantitative estimate of drug-likeness (QED) is 0.938. The second kappa shape index (κ2) is 6.14. The van der Waals surface area contributed by atoms with Gasteiger partial charge in [-0.2, -0.15) is 0 Å². The average molecular weight is 284 g/mol. The highest BCUT2D eigenvalue weighted by atomic mass is 16.5. The summed E-state index contributed by atoms with van der Waals surface area (Å²) in [5.74, 6) is -0.0427. The number of aromatic nitrogens is 1. The van der Waals surface area contributed by atoms with Gasteiger partial charge in [-0.05, 0) is 49.6 Å². The predicted octanol–water partition coefficient (Wildman–Crippen LogP) is 2.69. The maximum atomic E-state index is 12.3. The minimum atomic E-state index is -0.0427. The first-order valence-electron chi connectivity index (χ1n) is 7.38. The van der Waals surface area contributed by atoms with Crippen molar-refractivity contribution in [3.05, 3.63) is 53.9 Å². The normalized spacial score (nSPS) is 17.9. The maximum Gasteiger partial charge on any atom is 0.251 e. The molecule has 1 aromatic carbocycles. The fourth-order valence-corrected chi connectivity index (χ4v) is 2.64. The van der Waals surface area contributed by atoms with Crippen LogP contribution in [0.4, 0.5) is 0 Å². The van der Waals surface area contributed by atoms with Crippen LogP contribution in [0.3, 0.4) is 0 Å². The van der Waals surface area contributed by atoms with Crippen LogP contribution in [0.2, 0.25) is 0 Å². The molecule has 1 saturated heterocycles. The zero-order chi connectivity index (χ0) is 14.7. The van der Waals surface area contributed by atoms with Gasteiger partial charge in [0.25, 0.3) is 5.91 Å². The van der Waals surface area contributed by atoms with Crippen molar-refractivity contribution in [1.29, 1.82) is 0 Å². The predicted molar refractivity (Wildman–Crippen MR) is 81.8 cm³/mol. The van der Waals surface area contributed by atoms with Crippen molar-refractivity contribution in [3.8, 4) is 5.69 Å². The zero-order valence-electron chi connectivity index (χ0n) is 12.2. The number of carbonyl (C=O) groups excluding carboxylic acids is 1. The molecule has 0 spiro atoms. The van der Waals surface area contributed by atoms with Crippen molar-refractivity contribution in [2.45, 2.75) is 25.9 Å². The highest BCUT2D eigenvalue weighted by Crippen LogP contribution is 2.17. The molecule has 4 heteroatoms. The van der Waals surface area contributed by atoms with Gasteiger partial charge < -0.3 is 14.6 Å². The summed E-state index contributed by atoms with van der Waals surface area (Å²) in [6, 6.07) is 9.73. The first-order chi connectivity index (χ1) is 10.2. The zero-order valence-corrected chi connectivity index (χ0v) is 12.2. The molecule has 1 aliphatic heterocycles. The molecule has 1 aromatic heterocycles. The Labute approximate surface area is 124 Å². The Kier molecular flexibility index (Phi) is 4.06. The van der Waals surface area contributed by atoms with Crippen LogP contribution in [0.15, 0.2) is 42.7 Å². The van der Waals surface area contributed by atoms with Crippen molar-refractivity contribution >= 4 is 5.91 Å². The minimum Gasteiger partial charge on any atom is -0.376 e. The van der Waals surface area contributed by atoms with Crippen LogP contribution in [-0.2, 0) is 4.74 Å². The first-order valence-corrected chi connectivity index (χ1v) is 7.38. The monoisotopic (exact) mass is 284 g/mol. The number of aryl methyl sites for hydroxylation is 1. The molecule has 110 valence electrons. The lowest BCUT2D eigenvalue weighted by atomic mass is 10.1. The molecule has 1 amide bonds. The summed E-state index contributed by atoms with van der Waals surface area (Å²) >= 11 is 0. The van der Waals surface area contributed by atoms with Crippen LogP contribution in [0.1, 0.15) is 28.8 Å². The molecule has 0 radical (unpaired) electrons. The number of nitrogens with one attached hydrogen (secondary N) is 1. The van der Waals surface area contributed by atoms with Gasteiger partial charge in [-0.3, -0.25) is 4.79 Å². The summed E-state index contributed by atoms with van der Waals surface area (Å²) in [5.41, 5.74) is 2.86. The van der Waals surface area contributed by atoms with Gasteiger partial charge in [0.1, 0.15) is 0 Å². The van der Waals surface area contributed by atoms with Gasteiger partial charge in [0.15, 0.2) is 0 Å². The van der Waals surface area contributed by atoms with Gasteiger partial charge >= 0.3 is 0 Å². The van der Waals surface area contributed by atoms with E-state index in [1.165, 1.54) is 0 Å². The molecule has 0 unspecified atom stereocenters. The van der Waals surface area contributed by atoms with Crippen molar-refractivity contribution in [2.24, 2.45) is 0 Å². The molecule has 1 aliphatic rings. The van der Waals surface area contributed by atoms with Crippen molar-refractivity contribution in [3.63, 3.8) is 0 Å². The molecule has 4 nitrogen and oxygen atoms in total. The summed E-state index contributed by atoms with van der Waals surface area (Å²) in [6.07, 6.45) is 6.25. The van der Waals surface area contributed by atoms with E-state index in [0.29, 0.717) is 12.1 Å². The molecule has 1 atom stereocenters. The van der Waals surface area contributed by atoms with Crippen LogP contribution in [0, 0.1) is 6.92 Å². The number of ether oxygens (including phenoxy) is 1. The molecule has 1 N–H and O–H groups in total. The maximum absolute atomic E-state index is 12.3. The van der Waals surface area contributed by atoms with Gasteiger partial charge in [0.05, 0.1) is 6.10 Å². The van der Waals surface area contributed by atoms with Crippen molar-refractivity contribution in [1.82, 2.24) is 9.88 Å². The van der Waals surface area contributed by atoms with Crippen molar-refractivity contribution < 1.29 is 9.53 Å². The summed E-state index contributed by atoms with van der Waals surface area (Å²) in [7, 11) is 0. The first kappa shape index (κ1) is 13.9. The standard InChI is InChI=1S/C17H20N2O2/c1-13-6-7-14(11-16(13)19-8-2-3-9-19)17(20)18-12-15-5-4-10-21-15/h2-3,6-9,11,15H,4-5,10,12H2,1H3,(H,18,20)/t15-/m1/s1. The third-order valence-corrected chi connectivity index (χ3v) is 3.87. The molecular formula is C17H20N2O2. The Balaban J connectivity index is 1.72. The molecule has 2 aromatic rings. The van der Waals surface area contributed by atoms with Gasteiger partial charge in [-0.1, -0.05) is 6.07 Å². The fourth-order valence-electron chi connectivity index (χ4n) is 2.64. The van der Waals surface area contributed by atoms with Crippen LogP contribution in [-0.4, -0.2) is 29.7 Å². The molecular weight excluding hydrogens is 264 g/mol. The fraction of sp³-hybridized carbons (Fsp3) is 0.353. The van der Waals surface area contributed by atoms with Gasteiger partial charge in [-0.15, -0.1) is 0 Å². The Morgan fingerprint density at radius 1 is 1.38 bits per heavy atom. The largest absolute Gasteiger partial charge is 0.376 e. The van der Waals surface area contributed by atoms with Gasteiger partial charge in [-0.25, -0.2) is 0 Å². The van der Waals surface area contributed by atoms with E-state index in [1.54, 1.807) is 0 Å². The number of carbonyl (C=O) groups is 1. The third kappa shape index (κ3) is 3.16. The lowest BCUT2D eigenvalue weighted by Gasteiger charge is -2.13. The number of hydrogen-bond acceptors (Lipinski definition) is 2. The second-order valence-corrected chi connectivity index (χ2v) is 5.44. The van der Waals surface area contributed by atoms with E-state index in [-0.39, 0.29) is 12.0 Å². The number of amides is 1. The van der Waals surface area contributed by atoms with Gasteiger partial charge in [0.2, 0.25) is 0 Å². The number of hydrogen-bond donors (Lipinski definition) is 1. The molecule has 1 fully saturated rings. The lowest BCUT2D eigenvalue weighted by Crippen LogP contribution is -2.31. The minimum absolute atomic E-state index is 0.0427. The van der Waals surface area contributed by atoms with E-state index < -0.39 is 0 Å². The highest BCUT2D eigenvalue weighted by Gasteiger charge is 2.17. The molecule has 3 rings (SSSR count). The smallest absolute Gasteiger partial charge is 0.251 e. The summed E-state index contributed by atoms with van der Waals surface area (Å²) in [4.78, 5) is 12.3. The van der Waals surface area contributed by atoms with Crippen LogP contribution in [0.5, 0.6) is 0 Å². The Morgan fingerprint density at radius 3 is 2.90 bits per heavy atom. The summed E-state index contributed by atoms with van der Waals surface area (Å²) in [5, 5.41) is 2.96. The van der Waals surface area contributed by atoms with Crippen LogP contribution < -0.4 is 5.32 Å². The van der Waals surface area contributed by atoms with Crippen molar-refractivity contribution in [2.75, 3.05) is 13.2 Å². The number of rotatable bonds is 4. The topological polar surface area (TPSA) is 43.3 Å². The Bertz CT molecular complexity index is 614. The summed E-state index contributed by atoms with van der Waals surface area (Å²) in [6.45, 7) is 3.44. The molecule has 0 saturated carbocycles. The third-order valence-electron chi connectivity index (χ3n) is 3.87. The number of benzene rings is 1. The van der Waals surface area contributed by atoms with E-state index in [2.05, 4.69) is 5.32 Å².